The molecule has 8 aromatic rings. The molecule has 8 rings (SSSR count). The average Bonchev–Trinajstić information content (AvgIpc) is 3.53. The van der Waals surface area contributed by atoms with Crippen LogP contribution in [-0.2, 0) is 6.42 Å². The van der Waals surface area contributed by atoms with Crippen LogP contribution in [0, 0.1) is 0 Å². The number of rotatable bonds is 3. The van der Waals surface area contributed by atoms with Crippen molar-refractivity contribution in [3.05, 3.63) is 121 Å². The van der Waals surface area contributed by atoms with Crippen molar-refractivity contribution < 1.29 is 4.42 Å². The molecule has 3 heteroatoms. The van der Waals surface area contributed by atoms with E-state index in [4.69, 9.17) is 9.40 Å². The van der Waals surface area contributed by atoms with Crippen LogP contribution in [0.5, 0.6) is 0 Å². The van der Waals surface area contributed by atoms with E-state index in [1.54, 1.807) is 0 Å². The second kappa shape index (κ2) is 8.06. The standard InChI is InChI=1S/C35H24N2O/c1-2-33-36-29-16-8-9-17-30(29)37(33)35-26-14-5-3-12-24(26)34(25-13-4-6-15-27(25)35)22-19-20-32-28(21-22)23-11-7-10-18-31(23)38-32/h3-21H,2H2,1H3. The lowest BCUT2D eigenvalue weighted by Gasteiger charge is -2.19. The van der Waals surface area contributed by atoms with E-state index in [9.17, 15) is 0 Å². The topological polar surface area (TPSA) is 31.0 Å². The van der Waals surface area contributed by atoms with Gasteiger partial charge in [-0.3, -0.25) is 4.57 Å². The van der Waals surface area contributed by atoms with Gasteiger partial charge in [-0.25, -0.2) is 4.98 Å². The van der Waals surface area contributed by atoms with Crippen LogP contribution in [0.15, 0.2) is 120 Å². The molecular weight excluding hydrogens is 464 g/mol. The number of benzene rings is 6. The molecule has 0 aliphatic heterocycles. The highest BCUT2D eigenvalue weighted by molar-refractivity contribution is 6.19. The summed E-state index contributed by atoms with van der Waals surface area (Å²) >= 11 is 0. The molecule has 0 radical (unpaired) electrons. The van der Waals surface area contributed by atoms with Gasteiger partial charge in [0.15, 0.2) is 0 Å². The molecule has 0 unspecified atom stereocenters. The zero-order valence-electron chi connectivity index (χ0n) is 21.0. The quantitative estimate of drug-likeness (QED) is 0.232. The van der Waals surface area contributed by atoms with E-state index < -0.39 is 0 Å². The molecule has 38 heavy (non-hydrogen) atoms. The van der Waals surface area contributed by atoms with Gasteiger partial charge in [-0.05, 0) is 52.2 Å². The Morgan fingerprint density at radius 2 is 1.21 bits per heavy atom. The molecule has 0 saturated carbocycles. The van der Waals surface area contributed by atoms with E-state index in [0.717, 1.165) is 45.2 Å². The Labute approximate surface area is 219 Å². The first-order valence-corrected chi connectivity index (χ1v) is 13.1. The smallest absolute Gasteiger partial charge is 0.135 e. The summed E-state index contributed by atoms with van der Waals surface area (Å²) in [4.78, 5) is 5.01. The first-order valence-electron chi connectivity index (χ1n) is 13.1. The SMILES string of the molecule is CCc1nc2ccccc2n1-c1c2ccccc2c(-c2ccc3oc4ccccc4c3c2)c2ccccc12. The lowest BCUT2D eigenvalue weighted by Crippen LogP contribution is -2.03. The molecular formula is C35H24N2O. The van der Waals surface area contributed by atoms with Gasteiger partial charge in [0.25, 0.3) is 0 Å². The van der Waals surface area contributed by atoms with E-state index in [-0.39, 0.29) is 0 Å². The fourth-order valence-electron chi connectivity index (χ4n) is 6.10. The highest BCUT2D eigenvalue weighted by Crippen LogP contribution is 2.43. The van der Waals surface area contributed by atoms with Crippen LogP contribution in [0.2, 0.25) is 0 Å². The van der Waals surface area contributed by atoms with E-state index in [1.807, 2.05) is 12.1 Å². The van der Waals surface area contributed by atoms with Crippen LogP contribution < -0.4 is 0 Å². The van der Waals surface area contributed by atoms with E-state index in [0.29, 0.717) is 0 Å². The second-order valence-corrected chi connectivity index (χ2v) is 9.83. The minimum absolute atomic E-state index is 0.851. The lowest BCUT2D eigenvalue weighted by molar-refractivity contribution is 0.669. The molecule has 2 aromatic heterocycles. The molecule has 0 atom stereocenters. The summed E-state index contributed by atoms with van der Waals surface area (Å²) in [5.74, 6) is 1.07. The molecule has 0 spiro atoms. The number of hydrogen-bond acceptors (Lipinski definition) is 2. The van der Waals surface area contributed by atoms with Crippen LogP contribution in [0.25, 0.3) is 71.3 Å². The third-order valence-electron chi connectivity index (χ3n) is 7.74. The average molecular weight is 489 g/mol. The number of aromatic nitrogens is 2. The Morgan fingerprint density at radius 1 is 0.605 bits per heavy atom. The van der Waals surface area contributed by atoms with Gasteiger partial charge in [0.1, 0.15) is 17.0 Å². The van der Waals surface area contributed by atoms with Gasteiger partial charge in [-0.2, -0.15) is 0 Å². The molecule has 0 bridgehead atoms. The lowest BCUT2D eigenvalue weighted by atomic mass is 9.90. The third-order valence-corrected chi connectivity index (χ3v) is 7.74. The number of para-hydroxylation sites is 3. The molecule has 0 N–H and O–H groups in total. The Balaban J connectivity index is 1.53. The predicted molar refractivity (Wildman–Crippen MR) is 158 cm³/mol. The second-order valence-electron chi connectivity index (χ2n) is 9.83. The summed E-state index contributed by atoms with van der Waals surface area (Å²) in [5.41, 5.74) is 7.63. The number of hydrogen-bond donors (Lipinski definition) is 0. The van der Waals surface area contributed by atoms with Crippen LogP contribution in [0.4, 0.5) is 0 Å². The summed E-state index contributed by atoms with van der Waals surface area (Å²) in [6, 6.07) is 40.9. The van der Waals surface area contributed by atoms with Gasteiger partial charge in [-0.1, -0.05) is 91.9 Å². The minimum atomic E-state index is 0.851. The van der Waals surface area contributed by atoms with Crippen LogP contribution >= 0.6 is 0 Å². The fraction of sp³-hybridized carbons (Fsp3) is 0.0571. The number of imidazole rings is 1. The number of aryl methyl sites for hydroxylation is 1. The van der Waals surface area contributed by atoms with Crippen molar-refractivity contribution in [3.8, 4) is 16.8 Å². The Kier molecular flexibility index (Phi) is 4.50. The molecule has 2 heterocycles. The van der Waals surface area contributed by atoms with Crippen molar-refractivity contribution >= 4 is 54.5 Å². The third kappa shape index (κ3) is 2.93. The highest BCUT2D eigenvalue weighted by atomic mass is 16.3. The first-order chi connectivity index (χ1) is 18.8. The molecule has 0 saturated heterocycles. The number of fused-ring (bicyclic) bond motifs is 6. The normalized spacial score (nSPS) is 11.9. The van der Waals surface area contributed by atoms with Gasteiger partial charge < -0.3 is 4.42 Å². The monoisotopic (exact) mass is 488 g/mol. The van der Waals surface area contributed by atoms with Crippen LogP contribution in [0.3, 0.4) is 0 Å². The van der Waals surface area contributed by atoms with Gasteiger partial charge in [0, 0.05) is 28.0 Å². The summed E-state index contributed by atoms with van der Waals surface area (Å²) in [7, 11) is 0. The molecule has 3 nitrogen and oxygen atoms in total. The highest BCUT2D eigenvalue weighted by Gasteiger charge is 2.20. The van der Waals surface area contributed by atoms with Crippen molar-refractivity contribution in [2.24, 2.45) is 0 Å². The Morgan fingerprint density at radius 3 is 1.95 bits per heavy atom. The van der Waals surface area contributed by atoms with Gasteiger partial charge >= 0.3 is 0 Å². The summed E-state index contributed by atoms with van der Waals surface area (Å²) < 4.78 is 8.51. The summed E-state index contributed by atoms with van der Waals surface area (Å²) in [5, 5.41) is 7.19. The van der Waals surface area contributed by atoms with Crippen LogP contribution in [-0.4, -0.2) is 9.55 Å². The fourth-order valence-corrected chi connectivity index (χ4v) is 6.10. The molecule has 0 amide bonds. The van der Waals surface area contributed by atoms with E-state index in [2.05, 4.69) is 115 Å². The van der Waals surface area contributed by atoms with Crippen LogP contribution in [0.1, 0.15) is 12.7 Å². The van der Waals surface area contributed by atoms with Crippen molar-refractivity contribution in [1.82, 2.24) is 9.55 Å². The van der Waals surface area contributed by atoms with E-state index >= 15 is 0 Å². The van der Waals surface area contributed by atoms with E-state index in [1.165, 1.54) is 38.4 Å². The first kappa shape index (κ1) is 21.2. The van der Waals surface area contributed by atoms with Crippen molar-refractivity contribution in [2.75, 3.05) is 0 Å². The van der Waals surface area contributed by atoms with Crippen molar-refractivity contribution in [2.45, 2.75) is 13.3 Å². The predicted octanol–water partition coefficient (Wildman–Crippen LogP) is 9.46. The molecule has 0 aliphatic carbocycles. The van der Waals surface area contributed by atoms with Gasteiger partial charge in [0.2, 0.25) is 0 Å². The molecule has 6 aromatic carbocycles. The summed E-state index contributed by atoms with van der Waals surface area (Å²) in [6.45, 7) is 2.18. The Bertz CT molecular complexity index is 2120. The van der Waals surface area contributed by atoms with Crippen molar-refractivity contribution in [3.63, 3.8) is 0 Å². The maximum absolute atomic E-state index is 6.14. The summed E-state index contributed by atoms with van der Waals surface area (Å²) in [6.07, 6.45) is 0.851. The maximum Gasteiger partial charge on any atom is 0.135 e. The molecule has 0 fully saturated rings. The van der Waals surface area contributed by atoms with Crippen molar-refractivity contribution in [1.29, 1.82) is 0 Å². The van der Waals surface area contributed by atoms with Gasteiger partial charge in [0.05, 0.1) is 16.7 Å². The molecule has 0 aliphatic rings. The minimum Gasteiger partial charge on any atom is -0.456 e. The zero-order valence-corrected chi connectivity index (χ0v) is 21.0. The van der Waals surface area contributed by atoms with Gasteiger partial charge in [-0.15, -0.1) is 0 Å². The Hall–Kier alpha value is -4.89. The zero-order chi connectivity index (χ0) is 25.2. The largest absolute Gasteiger partial charge is 0.456 e. The number of nitrogens with zero attached hydrogens (tertiary/aromatic N) is 2. The maximum atomic E-state index is 6.14. The molecule has 180 valence electrons. The number of furan rings is 1.